The lowest BCUT2D eigenvalue weighted by atomic mass is 10.1. The zero-order chi connectivity index (χ0) is 20.3. The zero-order valence-corrected chi connectivity index (χ0v) is 16.2. The van der Waals surface area contributed by atoms with Crippen LogP contribution in [-0.4, -0.2) is 38.0 Å². The summed E-state index contributed by atoms with van der Waals surface area (Å²) in [4.78, 5) is 35.2. The number of carbonyl (C=O) groups is 3. The third-order valence-electron chi connectivity index (χ3n) is 2.85. The fraction of sp³-hybridized carbons (Fsp3) is 0.400. The minimum Gasteiger partial charge on any atom is -0.449 e. The van der Waals surface area contributed by atoms with Crippen LogP contribution in [0.5, 0.6) is 0 Å². The maximum Gasteiger partial charge on any atom is 0.338 e. The highest BCUT2D eigenvalue weighted by molar-refractivity contribution is 7.89. The van der Waals surface area contributed by atoms with Crippen LogP contribution < -0.4 is 15.8 Å². The molecule has 0 spiro atoms. The van der Waals surface area contributed by atoms with E-state index in [-0.39, 0.29) is 10.6 Å². The maximum absolute atomic E-state index is 12.1. The molecule has 0 radical (unpaired) electrons. The Morgan fingerprint density at radius 1 is 1.23 bits per heavy atom. The molecule has 1 atom stereocenters. The molecular formula is C15H20ClN3O6S. The minimum atomic E-state index is -4.14. The normalized spacial score (nSPS) is 12.8. The standard InChI is InChI=1S/C15H20ClN3O6S/c1-8(12(20)18-14(22)19-15(2,3)4)25-13(21)9-5-6-10(16)11(7-9)26(17,23)24/h5-8H,1-4H3,(H2,17,23,24)(H2,18,19,20,22). The number of amides is 3. The molecule has 26 heavy (non-hydrogen) atoms. The first-order chi connectivity index (χ1) is 11.7. The molecule has 9 nitrogen and oxygen atoms in total. The number of urea groups is 1. The van der Waals surface area contributed by atoms with Crippen LogP contribution in [-0.2, 0) is 19.6 Å². The first-order valence-electron chi connectivity index (χ1n) is 7.37. The molecule has 0 fully saturated rings. The van der Waals surface area contributed by atoms with Gasteiger partial charge in [0.15, 0.2) is 6.10 Å². The minimum absolute atomic E-state index is 0.159. The van der Waals surface area contributed by atoms with Crippen molar-refractivity contribution in [3.63, 3.8) is 0 Å². The van der Waals surface area contributed by atoms with Gasteiger partial charge in [-0.25, -0.2) is 23.1 Å². The van der Waals surface area contributed by atoms with Crippen molar-refractivity contribution in [2.24, 2.45) is 5.14 Å². The molecule has 144 valence electrons. The van der Waals surface area contributed by atoms with Crippen LogP contribution in [0.1, 0.15) is 38.1 Å². The molecule has 0 aliphatic rings. The number of nitrogens with one attached hydrogen (secondary N) is 2. The molecule has 0 saturated carbocycles. The first kappa shape index (κ1) is 21.9. The number of ether oxygens (including phenoxy) is 1. The Labute approximate surface area is 156 Å². The Balaban J connectivity index is 2.81. The Kier molecular flexibility index (Phi) is 6.75. The number of nitrogens with two attached hydrogens (primary N) is 1. The first-order valence-corrected chi connectivity index (χ1v) is 9.29. The number of benzene rings is 1. The van der Waals surface area contributed by atoms with Crippen LogP contribution in [0.3, 0.4) is 0 Å². The summed E-state index contributed by atoms with van der Waals surface area (Å²) in [5, 5.41) is 9.40. The summed E-state index contributed by atoms with van der Waals surface area (Å²) in [7, 11) is -4.14. The molecule has 1 aromatic carbocycles. The topological polar surface area (TPSA) is 145 Å². The van der Waals surface area contributed by atoms with Crippen molar-refractivity contribution in [1.82, 2.24) is 10.6 Å². The number of sulfonamides is 1. The van der Waals surface area contributed by atoms with E-state index in [0.717, 1.165) is 6.07 Å². The van der Waals surface area contributed by atoms with Crippen molar-refractivity contribution in [3.05, 3.63) is 28.8 Å². The van der Waals surface area contributed by atoms with Gasteiger partial charge in [-0.1, -0.05) is 11.6 Å². The van der Waals surface area contributed by atoms with E-state index in [2.05, 4.69) is 5.32 Å². The molecule has 0 aliphatic heterocycles. The van der Waals surface area contributed by atoms with Gasteiger partial charge in [-0.05, 0) is 45.9 Å². The van der Waals surface area contributed by atoms with E-state index in [1.54, 1.807) is 20.8 Å². The number of carbonyl (C=O) groups excluding carboxylic acids is 3. The number of imide groups is 1. The van der Waals surface area contributed by atoms with E-state index in [1.165, 1.54) is 19.1 Å². The molecule has 0 aromatic heterocycles. The summed E-state index contributed by atoms with van der Waals surface area (Å²) in [5.74, 6) is -1.83. The zero-order valence-electron chi connectivity index (χ0n) is 14.6. The van der Waals surface area contributed by atoms with Gasteiger partial charge in [0.05, 0.1) is 10.6 Å². The second-order valence-corrected chi connectivity index (χ2v) is 8.37. The molecular weight excluding hydrogens is 386 g/mol. The quantitative estimate of drug-likeness (QED) is 0.641. The number of esters is 1. The SMILES string of the molecule is CC(OC(=O)c1ccc(Cl)c(S(N)(=O)=O)c1)C(=O)NC(=O)NC(C)(C)C. The molecule has 3 amide bonds. The summed E-state index contributed by atoms with van der Waals surface area (Å²) >= 11 is 5.73. The number of primary sulfonamides is 1. The summed E-state index contributed by atoms with van der Waals surface area (Å²) in [6.45, 7) is 6.44. The maximum atomic E-state index is 12.1. The Morgan fingerprint density at radius 2 is 1.81 bits per heavy atom. The third-order valence-corrected chi connectivity index (χ3v) is 4.24. The molecule has 0 saturated heterocycles. The van der Waals surface area contributed by atoms with Crippen LogP contribution in [0.25, 0.3) is 0 Å². The van der Waals surface area contributed by atoms with Gasteiger partial charge in [0.2, 0.25) is 10.0 Å². The highest BCUT2D eigenvalue weighted by Crippen LogP contribution is 2.22. The van der Waals surface area contributed by atoms with Crippen LogP contribution in [0, 0.1) is 0 Å². The van der Waals surface area contributed by atoms with Crippen molar-refractivity contribution >= 4 is 39.5 Å². The predicted molar refractivity (Wildman–Crippen MR) is 94.1 cm³/mol. The molecule has 1 unspecified atom stereocenters. The van der Waals surface area contributed by atoms with Crippen molar-refractivity contribution in [2.45, 2.75) is 44.2 Å². The lowest BCUT2D eigenvalue weighted by Crippen LogP contribution is -2.50. The Morgan fingerprint density at radius 3 is 2.31 bits per heavy atom. The molecule has 0 aliphatic carbocycles. The van der Waals surface area contributed by atoms with Crippen molar-refractivity contribution < 1.29 is 27.5 Å². The number of hydrogen-bond donors (Lipinski definition) is 3. The Hall–Kier alpha value is -2.17. The average Bonchev–Trinajstić information content (AvgIpc) is 2.43. The van der Waals surface area contributed by atoms with Crippen molar-refractivity contribution in [3.8, 4) is 0 Å². The van der Waals surface area contributed by atoms with E-state index in [1.807, 2.05) is 5.32 Å². The van der Waals surface area contributed by atoms with E-state index in [0.29, 0.717) is 0 Å². The number of hydrogen-bond acceptors (Lipinski definition) is 6. The predicted octanol–water partition coefficient (Wildman–Crippen LogP) is 1.16. The monoisotopic (exact) mass is 405 g/mol. The second kappa shape index (κ2) is 8.02. The molecule has 1 rings (SSSR count). The summed E-state index contributed by atoms with van der Waals surface area (Å²) < 4.78 is 27.8. The van der Waals surface area contributed by atoms with Gasteiger partial charge in [-0.15, -0.1) is 0 Å². The molecule has 0 bridgehead atoms. The molecule has 1 aromatic rings. The van der Waals surface area contributed by atoms with Gasteiger partial charge < -0.3 is 10.1 Å². The van der Waals surface area contributed by atoms with E-state index in [9.17, 15) is 22.8 Å². The van der Waals surface area contributed by atoms with Gasteiger partial charge in [0.25, 0.3) is 5.91 Å². The van der Waals surface area contributed by atoms with Gasteiger partial charge >= 0.3 is 12.0 Å². The Bertz CT molecular complexity index is 832. The van der Waals surface area contributed by atoms with Crippen LogP contribution in [0.2, 0.25) is 5.02 Å². The van der Waals surface area contributed by atoms with Gasteiger partial charge in [-0.3, -0.25) is 10.1 Å². The fourth-order valence-corrected chi connectivity index (χ4v) is 2.79. The highest BCUT2D eigenvalue weighted by Gasteiger charge is 2.24. The van der Waals surface area contributed by atoms with Gasteiger partial charge in [-0.2, -0.15) is 0 Å². The second-order valence-electron chi connectivity index (χ2n) is 6.43. The summed E-state index contributed by atoms with van der Waals surface area (Å²) in [6.07, 6.45) is -1.30. The van der Waals surface area contributed by atoms with Gasteiger partial charge in [0.1, 0.15) is 4.90 Å². The lowest BCUT2D eigenvalue weighted by molar-refractivity contribution is -0.127. The average molecular weight is 406 g/mol. The smallest absolute Gasteiger partial charge is 0.338 e. The van der Waals surface area contributed by atoms with E-state index < -0.39 is 44.5 Å². The van der Waals surface area contributed by atoms with Crippen molar-refractivity contribution in [1.29, 1.82) is 0 Å². The third kappa shape index (κ3) is 6.62. The van der Waals surface area contributed by atoms with E-state index in [4.69, 9.17) is 21.5 Å². The largest absolute Gasteiger partial charge is 0.449 e. The number of halogens is 1. The van der Waals surface area contributed by atoms with Gasteiger partial charge in [0, 0.05) is 5.54 Å². The van der Waals surface area contributed by atoms with Crippen LogP contribution >= 0.6 is 11.6 Å². The van der Waals surface area contributed by atoms with Crippen molar-refractivity contribution in [2.75, 3.05) is 0 Å². The molecule has 0 heterocycles. The summed E-state index contributed by atoms with van der Waals surface area (Å²) in [6, 6.07) is 2.58. The highest BCUT2D eigenvalue weighted by atomic mass is 35.5. The van der Waals surface area contributed by atoms with Crippen LogP contribution in [0.4, 0.5) is 4.79 Å². The molecule has 11 heteroatoms. The number of rotatable bonds is 4. The molecule has 4 N–H and O–H groups in total. The lowest BCUT2D eigenvalue weighted by Gasteiger charge is -2.21. The summed E-state index contributed by atoms with van der Waals surface area (Å²) in [5.41, 5.74) is -0.727. The van der Waals surface area contributed by atoms with E-state index >= 15 is 0 Å². The fourth-order valence-electron chi connectivity index (χ4n) is 1.72. The van der Waals surface area contributed by atoms with Crippen LogP contribution in [0.15, 0.2) is 23.1 Å².